The Kier molecular flexibility index (Phi) is 6.96. The van der Waals surface area contributed by atoms with Gasteiger partial charge >= 0.3 is 11.6 Å². The summed E-state index contributed by atoms with van der Waals surface area (Å²) >= 11 is 3.33. The van der Waals surface area contributed by atoms with Gasteiger partial charge in [-0.1, -0.05) is 29.3 Å². The van der Waals surface area contributed by atoms with E-state index in [1.807, 2.05) is 0 Å². The fourth-order valence-electron chi connectivity index (χ4n) is 2.41. The molecule has 29 heavy (non-hydrogen) atoms. The molecule has 1 N–H and O–H groups in total. The Hall–Kier alpha value is -3.20. The zero-order valence-electron chi connectivity index (χ0n) is 15.7. The van der Waals surface area contributed by atoms with Gasteiger partial charge in [0.25, 0.3) is 0 Å². The van der Waals surface area contributed by atoms with Crippen LogP contribution in [0.3, 0.4) is 0 Å². The maximum Gasteiger partial charge on any atom is 0.373 e. The van der Waals surface area contributed by atoms with Gasteiger partial charge in [-0.05, 0) is 55.0 Å². The second kappa shape index (κ2) is 9.83. The minimum atomic E-state index is -0.571. The molecule has 0 atom stereocenters. The van der Waals surface area contributed by atoms with Crippen LogP contribution < -0.4 is 14.8 Å². The highest BCUT2D eigenvalue weighted by molar-refractivity contribution is 9.10. The van der Waals surface area contributed by atoms with Gasteiger partial charge in [0, 0.05) is 10.2 Å². The summed E-state index contributed by atoms with van der Waals surface area (Å²) < 4.78 is 12.1. The number of ether oxygens (including phenoxy) is 2. The Morgan fingerprint density at radius 2 is 1.76 bits per heavy atom. The lowest BCUT2D eigenvalue weighted by Gasteiger charge is -2.10. The smallest absolute Gasteiger partial charge is 0.373 e. The highest BCUT2D eigenvalue weighted by atomic mass is 79.9. The zero-order chi connectivity index (χ0) is 20.6. The van der Waals surface area contributed by atoms with Crippen molar-refractivity contribution in [3.63, 3.8) is 0 Å². The van der Waals surface area contributed by atoms with Crippen molar-refractivity contribution in [1.29, 1.82) is 0 Å². The Morgan fingerprint density at radius 3 is 2.41 bits per heavy atom. The highest BCUT2D eigenvalue weighted by Gasteiger charge is 2.25. The summed E-state index contributed by atoms with van der Waals surface area (Å²) in [6.45, 7) is 2.75. The van der Waals surface area contributed by atoms with Gasteiger partial charge in [-0.2, -0.15) is 4.98 Å². The number of aromatic nitrogens is 2. The van der Waals surface area contributed by atoms with Crippen LogP contribution in [0.2, 0.25) is 0 Å². The minimum absolute atomic E-state index is 0.0387. The molecule has 1 aromatic heterocycles. The van der Waals surface area contributed by atoms with Crippen LogP contribution >= 0.6 is 15.9 Å². The largest absolute Gasteiger partial charge is 0.494 e. The SMILES string of the molecule is CCCCOc1ccc(Nc2ncnc(Oc3ccc(Br)cc3)c2[N+](=O)[O-])cc1. The number of hydrogen-bond acceptors (Lipinski definition) is 7. The Bertz CT molecular complexity index is 965. The maximum atomic E-state index is 11.7. The molecule has 8 nitrogen and oxygen atoms in total. The second-order valence-electron chi connectivity index (χ2n) is 6.04. The molecule has 3 rings (SSSR count). The molecule has 0 aliphatic heterocycles. The normalized spacial score (nSPS) is 10.4. The topological polar surface area (TPSA) is 99.4 Å². The van der Waals surface area contributed by atoms with Crippen LogP contribution in [-0.4, -0.2) is 21.5 Å². The minimum Gasteiger partial charge on any atom is -0.494 e. The van der Waals surface area contributed by atoms with Crippen molar-refractivity contribution in [2.45, 2.75) is 19.8 Å². The van der Waals surface area contributed by atoms with Crippen LogP contribution in [-0.2, 0) is 0 Å². The summed E-state index contributed by atoms with van der Waals surface area (Å²) in [4.78, 5) is 19.0. The first-order valence-electron chi connectivity index (χ1n) is 8.99. The van der Waals surface area contributed by atoms with Gasteiger partial charge in [0.2, 0.25) is 5.82 Å². The number of nitro groups is 1. The molecule has 0 saturated heterocycles. The lowest BCUT2D eigenvalue weighted by Crippen LogP contribution is -2.03. The second-order valence-corrected chi connectivity index (χ2v) is 6.96. The molecule has 0 aliphatic carbocycles. The fourth-order valence-corrected chi connectivity index (χ4v) is 2.68. The van der Waals surface area contributed by atoms with Crippen LogP contribution in [0.25, 0.3) is 0 Å². The molecule has 0 unspecified atom stereocenters. The number of halogens is 1. The van der Waals surface area contributed by atoms with E-state index in [-0.39, 0.29) is 17.4 Å². The summed E-state index contributed by atoms with van der Waals surface area (Å²) in [5.41, 5.74) is 0.280. The van der Waals surface area contributed by atoms with E-state index >= 15 is 0 Å². The quantitative estimate of drug-likeness (QED) is 0.243. The molecule has 0 aliphatic rings. The fraction of sp³-hybridized carbons (Fsp3) is 0.200. The molecule has 150 valence electrons. The number of anilines is 2. The van der Waals surface area contributed by atoms with Gasteiger partial charge < -0.3 is 14.8 Å². The summed E-state index contributed by atoms with van der Waals surface area (Å²) in [5.74, 6) is 1.06. The molecule has 0 spiro atoms. The highest BCUT2D eigenvalue weighted by Crippen LogP contribution is 2.35. The molecular weight excluding hydrogens is 440 g/mol. The number of nitrogens with one attached hydrogen (secondary N) is 1. The van der Waals surface area contributed by atoms with Crippen LogP contribution in [0.5, 0.6) is 17.4 Å². The molecule has 0 fully saturated rings. The summed E-state index contributed by atoms with van der Waals surface area (Å²) in [6.07, 6.45) is 3.25. The lowest BCUT2D eigenvalue weighted by molar-refractivity contribution is -0.385. The molecule has 3 aromatic rings. The third-order valence-corrected chi connectivity index (χ3v) is 4.41. The molecule has 1 heterocycles. The summed E-state index contributed by atoms with van der Waals surface area (Å²) in [7, 11) is 0. The van der Waals surface area contributed by atoms with Gasteiger partial charge in [0.05, 0.1) is 11.5 Å². The number of unbranched alkanes of at least 4 members (excludes halogenated alkanes) is 1. The maximum absolute atomic E-state index is 11.7. The zero-order valence-corrected chi connectivity index (χ0v) is 17.3. The number of rotatable bonds is 9. The van der Waals surface area contributed by atoms with Crippen molar-refractivity contribution in [1.82, 2.24) is 9.97 Å². The van der Waals surface area contributed by atoms with Crippen molar-refractivity contribution in [3.05, 3.63) is 69.4 Å². The van der Waals surface area contributed by atoms with Gasteiger partial charge in [-0.25, -0.2) is 4.98 Å². The van der Waals surface area contributed by atoms with E-state index < -0.39 is 4.92 Å². The van der Waals surface area contributed by atoms with E-state index in [4.69, 9.17) is 9.47 Å². The molecule has 0 saturated carbocycles. The molecule has 0 radical (unpaired) electrons. The lowest BCUT2D eigenvalue weighted by atomic mass is 10.3. The molecule has 0 amide bonds. The predicted octanol–water partition coefficient (Wildman–Crippen LogP) is 5.86. The van der Waals surface area contributed by atoms with Gasteiger partial charge in [0.1, 0.15) is 17.8 Å². The van der Waals surface area contributed by atoms with Gasteiger partial charge in [-0.3, -0.25) is 10.1 Å². The van der Waals surface area contributed by atoms with Crippen molar-refractivity contribution in [2.24, 2.45) is 0 Å². The Morgan fingerprint density at radius 1 is 1.07 bits per heavy atom. The van der Waals surface area contributed by atoms with E-state index in [0.29, 0.717) is 18.0 Å². The van der Waals surface area contributed by atoms with E-state index in [2.05, 4.69) is 38.1 Å². The molecule has 9 heteroatoms. The van der Waals surface area contributed by atoms with E-state index in [0.717, 1.165) is 23.1 Å². The number of nitrogens with zero attached hydrogens (tertiary/aromatic N) is 3. The third-order valence-electron chi connectivity index (χ3n) is 3.88. The third kappa shape index (κ3) is 5.64. The number of hydrogen-bond donors (Lipinski definition) is 1. The van der Waals surface area contributed by atoms with E-state index in [1.165, 1.54) is 6.33 Å². The van der Waals surface area contributed by atoms with Crippen LogP contribution in [0, 0.1) is 10.1 Å². The van der Waals surface area contributed by atoms with Crippen molar-refractivity contribution >= 4 is 33.1 Å². The first-order valence-corrected chi connectivity index (χ1v) is 9.79. The van der Waals surface area contributed by atoms with Crippen LogP contribution in [0.1, 0.15) is 19.8 Å². The van der Waals surface area contributed by atoms with Crippen molar-refractivity contribution < 1.29 is 14.4 Å². The standard InChI is InChI=1S/C20H19BrN4O4/c1-2-3-12-28-16-10-6-15(7-11-16)24-19-18(25(26)27)20(23-13-22-19)29-17-8-4-14(21)5-9-17/h4-11,13H,2-3,12H2,1H3,(H,22,23,24). The van der Waals surface area contributed by atoms with Gasteiger partial charge in [-0.15, -0.1) is 0 Å². The van der Waals surface area contributed by atoms with Crippen LogP contribution in [0.15, 0.2) is 59.3 Å². The van der Waals surface area contributed by atoms with E-state index in [9.17, 15) is 10.1 Å². The Labute approximate surface area is 176 Å². The van der Waals surface area contributed by atoms with Crippen molar-refractivity contribution in [2.75, 3.05) is 11.9 Å². The van der Waals surface area contributed by atoms with Gasteiger partial charge in [0.15, 0.2) is 0 Å². The molecule has 0 bridgehead atoms. The first-order chi connectivity index (χ1) is 14.1. The molecule has 2 aromatic carbocycles. The Balaban J connectivity index is 1.80. The van der Waals surface area contributed by atoms with Crippen molar-refractivity contribution in [3.8, 4) is 17.4 Å². The predicted molar refractivity (Wildman–Crippen MR) is 113 cm³/mol. The average Bonchev–Trinajstić information content (AvgIpc) is 2.71. The number of benzene rings is 2. The first kappa shape index (κ1) is 20.5. The van der Waals surface area contributed by atoms with E-state index in [1.54, 1.807) is 48.5 Å². The summed E-state index contributed by atoms with van der Waals surface area (Å²) in [6, 6.07) is 14.0. The summed E-state index contributed by atoms with van der Waals surface area (Å²) in [5, 5.41) is 14.6. The molecular formula is C20H19BrN4O4. The van der Waals surface area contributed by atoms with Crippen LogP contribution in [0.4, 0.5) is 17.2 Å². The monoisotopic (exact) mass is 458 g/mol. The average molecular weight is 459 g/mol.